The van der Waals surface area contributed by atoms with E-state index < -0.39 is 0 Å². The van der Waals surface area contributed by atoms with E-state index in [2.05, 4.69) is 9.97 Å². The number of carbonyl (C=O) groups is 2. The number of carbonyl (C=O) groups excluding carboxylic acids is 2. The summed E-state index contributed by atoms with van der Waals surface area (Å²) >= 11 is 0. The molecule has 6 heteroatoms. The van der Waals surface area contributed by atoms with E-state index in [1.807, 2.05) is 22.9 Å². The number of imidazole rings is 1. The maximum atomic E-state index is 12.4. The molecule has 2 aliphatic heterocycles. The van der Waals surface area contributed by atoms with Crippen LogP contribution in [0.25, 0.3) is 0 Å². The zero-order valence-corrected chi connectivity index (χ0v) is 13.9. The van der Waals surface area contributed by atoms with Crippen molar-refractivity contribution in [2.24, 2.45) is 0 Å². The van der Waals surface area contributed by atoms with Gasteiger partial charge in [0.2, 0.25) is 11.8 Å². The van der Waals surface area contributed by atoms with E-state index in [-0.39, 0.29) is 11.8 Å². The SMILES string of the molecule is Cc1cnc([C@H]2CCCN(C(=O)CCCN3CCCC3=O)C2)[nH]1. The van der Waals surface area contributed by atoms with Crippen LogP contribution in [0.3, 0.4) is 0 Å². The first-order valence-electron chi connectivity index (χ1n) is 8.70. The number of rotatable bonds is 5. The van der Waals surface area contributed by atoms with Crippen LogP contribution in [0, 0.1) is 6.92 Å². The molecular formula is C17H26N4O2. The normalized spacial score (nSPS) is 22.0. The Morgan fingerprint density at radius 1 is 1.39 bits per heavy atom. The van der Waals surface area contributed by atoms with Gasteiger partial charge in [0.1, 0.15) is 5.82 Å². The smallest absolute Gasteiger partial charge is 0.222 e. The van der Waals surface area contributed by atoms with Gasteiger partial charge in [-0.3, -0.25) is 9.59 Å². The Morgan fingerprint density at radius 2 is 2.26 bits per heavy atom. The van der Waals surface area contributed by atoms with Crippen molar-refractivity contribution in [3.8, 4) is 0 Å². The van der Waals surface area contributed by atoms with Crippen molar-refractivity contribution < 1.29 is 9.59 Å². The maximum Gasteiger partial charge on any atom is 0.222 e. The largest absolute Gasteiger partial charge is 0.346 e. The Morgan fingerprint density at radius 3 is 2.96 bits per heavy atom. The van der Waals surface area contributed by atoms with E-state index in [9.17, 15) is 9.59 Å². The summed E-state index contributed by atoms with van der Waals surface area (Å²) in [5.41, 5.74) is 1.07. The van der Waals surface area contributed by atoms with Crippen molar-refractivity contribution in [1.29, 1.82) is 0 Å². The molecule has 1 aromatic rings. The van der Waals surface area contributed by atoms with E-state index in [0.29, 0.717) is 18.8 Å². The molecule has 2 fully saturated rings. The standard InChI is InChI=1S/C17H26N4O2/c1-13-11-18-17(19-13)14-5-2-10-21(12-14)16(23)7-4-9-20-8-3-6-15(20)22/h11,14H,2-10,12H2,1H3,(H,18,19)/t14-/m0/s1. The third kappa shape index (κ3) is 3.92. The molecule has 1 N–H and O–H groups in total. The summed E-state index contributed by atoms with van der Waals surface area (Å²) in [7, 11) is 0. The first-order valence-corrected chi connectivity index (χ1v) is 8.70. The molecule has 0 spiro atoms. The zero-order chi connectivity index (χ0) is 16.2. The summed E-state index contributed by atoms with van der Waals surface area (Å²) in [6.07, 6.45) is 6.90. The van der Waals surface area contributed by atoms with Crippen molar-refractivity contribution >= 4 is 11.8 Å². The van der Waals surface area contributed by atoms with Gasteiger partial charge in [-0.1, -0.05) is 0 Å². The molecule has 23 heavy (non-hydrogen) atoms. The minimum Gasteiger partial charge on any atom is -0.346 e. The molecule has 2 aliphatic rings. The predicted molar refractivity (Wildman–Crippen MR) is 86.9 cm³/mol. The number of H-pyrrole nitrogens is 1. The summed E-state index contributed by atoms with van der Waals surface area (Å²) in [5, 5.41) is 0. The summed E-state index contributed by atoms with van der Waals surface area (Å²) in [6, 6.07) is 0. The van der Waals surface area contributed by atoms with Crippen LogP contribution in [0.2, 0.25) is 0 Å². The van der Waals surface area contributed by atoms with Gasteiger partial charge in [-0.2, -0.15) is 0 Å². The third-order valence-corrected chi connectivity index (χ3v) is 4.87. The van der Waals surface area contributed by atoms with Gasteiger partial charge in [-0.25, -0.2) is 4.98 Å². The molecule has 0 aromatic carbocycles. The van der Waals surface area contributed by atoms with Crippen LogP contribution >= 0.6 is 0 Å². The third-order valence-electron chi connectivity index (χ3n) is 4.87. The van der Waals surface area contributed by atoms with Gasteiger partial charge in [-0.15, -0.1) is 0 Å². The Labute approximate surface area is 137 Å². The highest BCUT2D eigenvalue weighted by molar-refractivity contribution is 5.78. The first kappa shape index (κ1) is 16.0. The van der Waals surface area contributed by atoms with Crippen molar-refractivity contribution in [2.45, 2.75) is 51.4 Å². The fourth-order valence-corrected chi connectivity index (χ4v) is 3.59. The molecule has 0 unspecified atom stereocenters. The lowest BCUT2D eigenvalue weighted by Gasteiger charge is -2.32. The lowest BCUT2D eigenvalue weighted by molar-refractivity contribution is -0.133. The molecule has 2 amide bonds. The summed E-state index contributed by atoms with van der Waals surface area (Å²) in [4.78, 5) is 35.6. The van der Waals surface area contributed by atoms with Crippen LogP contribution in [-0.2, 0) is 9.59 Å². The highest BCUT2D eigenvalue weighted by Gasteiger charge is 2.26. The minimum absolute atomic E-state index is 0.213. The number of nitrogens with zero attached hydrogens (tertiary/aromatic N) is 3. The summed E-state index contributed by atoms with van der Waals surface area (Å²) < 4.78 is 0. The predicted octanol–water partition coefficient (Wildman–Crippen LogP) is 1.83. The Hall–Kier alpha value is -1.85. The van der Waals surface area contributed by atoms with Crippen LogP contribution in [-0.4, -0.2) is 57.8 Å². The van der Waals surface area contributed by atoms with Crippen molar-refractivity contribution in [2.75, 3.05) is 26.2 Å². The Balaban J connectivity index is 1.46. The lowest BCUT2D eigenvalue weighted by Crippen LogP contribution is -2.39. The van der Waals surface area contributed by atoms with E-state index in [1.165, 1.54) is 0 Å². The Bertz CT molecular complexity index is 569. The molecular weight excluding hydrogens is 292 g/mol. The molecule has 2 saturated heterocycles. The van der Waals surface area contributed by atoms with Crippen LogP contribution in [0.5, 0.6) is 0 Å². The van der Waals surface area contributed by atoms with Gasteiger partial charge in [-0.05, 0) is 32.6 Å². The monoisotopic (exact) mass is 318 g/mol. The topological polar surface area (TPSA) is 69.3 Å². The van der Waals surface area contributed by atoms with Gasteiger partial charge in [0.05, 0.1) is 0 Å². The van der Waals surface area contributed by atoms with Gasteiger partial charge >= 0.3 is 0 Å². The molecule has 0 saturated carbocycles. The molecule has 3 rings (SSSR count). The molecule has 3 heterocycles. The van der Waals surface area contributed by atoms with Crippen molar-refractivity contribution in [3.63, 3.8) is 0 Å². The fraction of sp³-hybridized carbons (Fsp3) is 0.706. The number of aromatic amines is 1. The summed E-state index contributed by atoms with van der Waals surface area (Å²) in [5.74, 6) is 1.78. The molecule has 1 aromatic heterocycles. The number of aromatic nitrogens is 2. The highest BCUT2D eigenvalue weighted by Crippen LogP contribution is 2.25. The number of hydrogen-bond donors (Lipinski definition) is 1. The van der Waals surface area contributed by atoms with Crippen LogP contribution in [0.1, 0.15) is 56.0 Å². The second-order valence-corrected chi connectivity index (χ2v) is 6.72. The van der Waals surface area contributed by atoms with E-state index in [4.69, 9.17) is 0 Å². The van der Waals surface area contributed by atoms with E-state index in [1.54, 1.807) is 0 Å². The number of aryl methyl sites for hydroxylation is 1. The number of hydrogen-bond acceptors (Lipinski definition) is 3. The molecule has 126 valence electrons. The van der Waals surface area contributed by atoms with Gasteiger partial charge in [0, 0.05) is 56.8 Å². The molecule has 1 atom stereocenters. The number of piperidine rings is 1. The highest BCUT2D eigenvalue weighted by atomic mass is 16.2. The molecule has 0 radical (unpaired) electrons. The zero-order valence-electron chi connectivity index (χ0n) is 13.9. The van der Waals surface area contributed by atoms with Crippen LogP contribution in [0.15, 0.2) is 6.20 Å². The van der Waals surface area contributed by atoms with Gasteiger partial charge < -0.3 is 14.8 Å². The van der Waals surface area contributed by atoms with E-state index >= 15 is 0 Å². The van der Waals surface area contributed by atoms with Crippen molar-refractivity contribution in [3.05, 3.63) is 17.7 Å². The van der Waals surface area contributed by atoms with Crippen molar-refractivity contribution in [1.82, 2.24) is 19.8 Å². The molecule has 6 nitrogen and oxygen atoms in total. The Kier molecular flexibility index (Phi) is 4.98. The second kappa shape index (κ2) is 7.15. The summed E-state index contributed by atoms with van der Waals surface area (Å²) in [6.45, 7) is 5.18. The fourth-order valence-electron chi connectivity index (χ4n) is 3.59. The van der Waals surface area contributed by atoms with Gasteiger partial charge in [0.25, 0.3) is 0 Å². The number of amides is 2. The second-order valence-electron chi connectivity index (χ2n) is 6.72. The molecule has 0 bridgehead atoms. The van der Waals surface area contributed by atoms with Crippen LogP contribution < -0.4 is 0 Å². The van der Waals surface area contributed by atoms with E-state index in [0.717, 1.165) is 63.4 Å². The average molecular weight is 318 g/mol. The van der Waals surface area contributed by atoms with Crippen LogP contribution in [0.4, 0.5) is 0 Å². The first-order chi connectivity index (χ1) is 11.1. The van der Waals surface area contributed by atoms with Gasteiger partial charge in [0.15, 0.2) is 0 Å². The number of likely N-dealkylation sites (tertiary alicyclic amines) is 2. The quantitative estimate of drug-likeness (QED) is 0.900. The average Bonchev–Trinajstić information content (AvgIpc) is 3.16. The maximum absolute atomic E-state index is 12.4. The molecule has 0 aliphatic carbocycles. The number of nitrogens with one attached hydrogen (secondary N) is 1. The minimum atomic E-state index is 0.213. The lowest BCUT2D eigenvalue weighted by atomic mass is 9.97.